The lowest BCUT2D eigenvalue weighted by Gasteiger charge is -2.21. The zero-order valence-corrected chi connectivity index (χ0v) is 12.2. The zero-order valence-electron chi connectivity index (χ0n) is 12.2. The topological polar surface area (TPSA) is 24.5 Å². The first-order chi connectivity index (χ1) is 9.33. The van der Waals surface area contributed by atoms with Gasteiger partial charge in [-0.2, -0.15) is 0 Å². The molecule has 1 atom stereocenters. The fraction of sp³-hybridized carbons (Fsp3) is 0.625. The predicted octanol–water partition coefficient (Wildman–Crippen LogP) is 2.66. The molecule has 2 rings (SSSR count). The first-order valence-electron chi connectivity index (χ1n) is 7.43. The third-order valence-corrected chi connectivity index (χ3v) is 3.96. The Morgan fingerprint density at radius 2 is 2.21 bits per heavy atom. The summed E-state index contributed by atoms with van der Waals surface area (Å²) >= 11 is 0. The van der Waals surface area contributed by atoms with Crippen LogP contribution in [0.4, 0.5) is 0 Å². The van der Waals surface area contributed by atoms with E-state index in [1.165, 1.54) is 24.8 Å². The van der Waals surface area contributed by atoms with Crippen molar-refractivity contribution in [3.8, 4) is 5.75 Å². The second-order valence-corrected chi connectivity index (χ2v) is 5.27. The van der Waals surface area contributed by atoms with Crippen LogP contribution >= 0.6 is 0 Å². The van der Waals surface area contributed by atoms with Gasteiger partial charge in [-0.3, -0.25) is 4.90 Å². The van der Waals surface area contributed by atoms with E-state index < -0.39 is 0 Å². The second-order valence-electron chi connectivity index (χ2n) is 5.27. The van der Waals surface area contributed by atoms with Gasteiger partial charge in [-0.25, -0.2) is 0 Å². The Balaban J connectivity index is 1.82. The number of hydrogen-bond acceptors (Lipinski definition) is 3. The van der Waals surface area contributed by atoms with E-state index in [9.17, 15) is 0 Å². The molecule has 1 aliphatic rings. The highest BCUT2D eigenvalue weighted by Crippen LogP contribution is 2.22. The van der Waals surface area contributed by atoms with Crippen LogP contribution in [0.25, 0.3) is 0 Å². The fourth-order valence-electron chi connectivity index (χ4n) is 2.68. The predicted molar refractivity (Wildman–Crippen MR) is 79.6 cm³/mol. The maximum atomic E-state index is 5.79. The third kappa shape index (κ3) is 4.22. The van der Waals surface area contributed by atoms with Crippen molar-refractivity contribution in [1.29, 1.82) is 0 Å². The van der Waals surface area contributed by atoms with Crippen LogP contribution in [-0.2, 0) is 6.54 Å². The van der Waals surface area contributed by atoms with Gasteiger partial charge in [-0.1, -0.05) is 25.1 Å². The quantitative estimate of drug-likeness (QED) is 0.853. The highest BCUT2D eigenvalue weighted by Gasteiger charge is 2.14. The average molecular weight is 262 g/mol. The van der Waals surface area contributed by atoms with Gasteiger partial charge in [0.25, 0.3) is 0 Å². The molecule has 0 spiro atoms. The number of nitrogens with zero attached hydrogens (tertiary/aromatic N) is 1. The molecule has 1 heterocycles. The van der Waals surface area contributed by atoms with Crippen molar-refractivity contribution in [2.45, 2.75) is 38.8 Å². The highest BCUT2D eigenvalue weighted by molar-refractivity contribution is 5.33. The van der Waals surface area contributed by atoms with Gasteiger partial charge in [0, 0.05) is 24.7 Å². The van der Waals surface area contributed by atoms with Crippen molar-refractivity contribution in [2.24, 2.45) is 0 Å². The lowest BCUT2D eigenvalue weighted by atomic mass is 10.1. The van der Waals surface area contributed by atoms with E-state index in [0.717, 1.165) is 32.0 Å². The van der Waals surface area contributed by atoms with Crippen molar-refractivity contribution < 1.29 is 4.74 Å². The van der Waals surface area contributed by atoms with Gasteiger partial charge in [-0.05, 0) is 38.9 Å². The Labute approximate surface area is 116 Å². The van der Waals surface area contributed by atoms with Crippen LogP contribution in [-0.4, -0.2) is 37.7 Å². The molecule has 106 valence electrons. The Bertz CT molecular complexity index is 377. The molecule has 0 aliphatic carbocycles. The van der Waals surface area contributed by atoms with Crippen molar-refractivity contribution >= 4 is 0 Å². The normalized spacial score (nSPS) is 17.4. The van der Waals surface area contributed by atoms with E-state index in [1.54, 1.807) is 0 Å². The smallest absolute Gasteiger partial charge is 0.123 e. The van der Waals surface area contributed by atoms with E-state index in [1.807, 2.05) is 6.07 Å². The van der Waals surface area contributed by atoms with Gasteiger partial charge >= 0.3 is 0 Å². The first-order valence-corrected chi connectivity index (χ1v) is 7.43. The van der Waals surface area contributed by atoms with Gasteiger partial charge in [0.15, 0.2) is 0 Å². The van der Waals surface area contributed by atoms with Gasteiger partial charge in [-0.15, -0.1) is 0 Å². The first kappa shape index (κ1) is 14.4. The van der Waals surface area contributed by atoms with Gasteiger partial charge in [0.1, 0.15) is 12.4 Å². The van der Waals surface area contributed by atoms with Crippen LogP contribution in [0.2, 0.25) is 0 Å². The minimum atomic E-state index is 0.663. The standard InChI is InChI=1S/C16H26N2O/c1-3-15(17-2)8-6-10-18-11-12-19-16-9-5-4-7-14(16)13-18/h4-5,7,9,15,17H,3,6,8,10-13H2,1-2H3. The van der Waals surface area contributed by atoms with Crippen LogP contribution in [0, 0.1) is 0 Å². The maximum Gasteiger partial charge on any atom is 0.123 e. The molecule has 0 radical (unpaired) electrons. The van der Waals surface area contributed by atoms with E-state index in [2.05, 4.69) is 42.4 Å². The summed E-state index contributed by atoms with van der Waals surface area (Å²) in [6.07, 6.45) is 3.72. The van der Waals surface area contributed by atoms with Crippen molar-refractivity contribution in [3.63, 3.8) is 0 Å². The zero-order chi connectivity index (χ0) is 13.5. The summed E-state index contributed by atoms with van der Waals surface area (Å²) in [6, 6.07) is 9.06. The summed E-state index contributed by atoms with van der Waals surface area (Å²) in [6.45, 7) is 6.27. The summed E-state index contributed by atoms with van der Waals surface area (Å²) < 4.78 is 5.79. The molecule has 1 aromatic rings. The molecular weight excluding hydrogens is 236 g/mol. The summed E-state index contributed by atoms with van der Waals surface area (Å²) in [5.74, 6) is 1.06. The van der Waals surface area contributed by atoms with Crippen LogP contribution < -0.4 is 10.1 Å². The average Bonchev–Trinajstić information content (AvgIpc) is 2.65. The van der Waals surface area contributed by atoms with Crippen LogP contribution in [0.1, 0.15) is 31.7 Å². The summed E-state index contributed by atoms with van der Waals surface area (Å²) in [5, 5.41) is 3.37. The van der Waals surface area contributed by atoms with Gasteiger partial charge < -0.3 is 10.1 Å². The molecule has 0 fully saturated rings. The third-order valence-electron chi connectivity index (χ3n) is 3.96. The Morgan fingerprint density at radius 3 is 3.00 bits per heavy atom. The SMILES string of the molecule is CCC(CCCN1CCOc2ccccc2C1)NC. The molecule has 0 saturated carbocycles. The molecule has 3 nitrogen and oxygen atoms in total. The van der Waals surface area contributed by atoms with Crippen LogP contribution in [0.5, 0.6) is 5.75 Å². The number of benzene rings is 1. The molecule has 0 amide bonds. The van der Waals surface area contributed by atoms with E-state index in [-0.39, 0.29) is 0 Å². The number of fused-ring (bicyclic) bond motifs is 1. The molecule has 19 heavy (non-hydrogen) atoms. The Morgan fingerprint density at radius 1 is 1.37 bits per heavy atom. The molecule has 1 unspecified atom stereocenters. The minimum absolute atomic E-state index is 0.663. The summed E-state index contributed by atoms with van der Waals surface area (Å²) in [5.41, 5.74) is 1.32. The second kappa shape index (κ2) is 7.51. The lowest BCUT2D eigenvalue weighted by Crippen LogP contribution is -2.29. The monoisotopic (exact) mass is 262 g/mol. The lowest BCUT2D eigenvalue weighted by molar-refractivity contribution is 0.220. The molecule has 1 N–H and O–H groups in total. The van der Waals surface area contributed by atoms with E-state index in [4.69, 9.17) is 4.74 Å². The molecule has 0 bridgehead atoms. The number of ether oxygens (including phenoxy) is 1. The van der Waals surface area contributed by atoms with Crippen LogP contribution in [0.15, 0.2) is 24.3 Å². The molecule has 0 aromatic heterocycles. The molecule has 3 heteroatoms. The van der Waals surface area contributed by atoms with Gasteiger partial charge in [0.2, 0.25) is 0 Å². The van der Waals surface area contributed by atoms with E-state index in [0.29, 0.717) is 6.04 Å². The van der Waals surface area contributed by atoms with Crippen molar-refractivity contribution in [2.75, 3.05) is 26.7 Å². The van der Waals surface area contributed by atoms with Crippen LogP contribution in [0.3, 0.4) is 0 Å². The molecular formula is C16H26N2O. The number of rotatable bonds is 6. The number of nitrogens with one attached hydrogen (secondary N) is 1. The maximum absolute atomic E-state index is 5.79. The summed E-state index contributed by atoms with van der Waals surface area (Å²) in [4.78, 5) is 2.51. The van der Waals surface area contributed by atoms with Crippen molar-refractivity contribution in [1.82, 2.24) is 10.2 Å². The van der Waals surface area contributed by atoms with Crippen molar-refractivity contribution in [3.05, 3.63) is 29.8 Å². The molecule has 1 aromatic carbocycles. The summed E-state index contributed by atoms with van der Waals surface area (Å²) in [7, 11) is 2.06. The molecule has 0 saturated heterocycles. The highest BCUT2D eigenvalue weighted by atomic mass is 16.5. The Kier molecular flexibility index (Phi) is 5.67. The Hall–Kier alpha value is -1.06. The van der Waals surface area contributed by atoms with E-state index >= 15 is 0 Å². The fourth-order valence-corrected chi connectivity index (χ4v) is 2.68. The van der Waals surface area contributed by atoms with Gasteiger partial charge in [0.05, 0.1) is 0 Å². The molecule has 1 aliphatic heterocycles. The largest absolute Gasteiger partial charge is 0.492 e. The number of para-hydroxylation sites is 1. The minimum Gasteiger partial charge on any atom is -0.492 e. The number of hydrogen-bond donors (Lipinski definition) is 1.